The van der Waals surface area contributed by atoms with Gasteiger partial charge in [-0.3, -0.25) is 14.9 Å². The van der Waals surface area contributed by atoms with Crippen LogP contribution < -0.4 is 20.4 Å². The number of nitrogens with zero attached hydrogens (tertiary/aromatic N) is 7. The maximum absolute atomic E-state index is 12.1. The molecule has 0 unspecified atom stereocenters. The van der Waals surface area contributed by atoms with E-state index in [0.29, 0.717) is 59.7 Å². The van der Waals surface area contributed by atoms with E-state index < -0.39 is 5.91 Å². The number of anilines is 3. The second kappa shape index (κ2) is 8.83. The largest absolute Gasteiger partial charge is 0.367 e. The smallest absolute Gasteiger partial charge is 0.290 e. The maximum atomic E-state index is 12.1. The first kappa shape index (κ1) is 22.4. The van der Waals surface area contributed by atoms with Crippen LogP contribution >= 0.6 is 11.8 Å². The summed E-state index contributed by atoms with van der Waals surface area (Å²) in [6, 6.07) is 6.20. The van der Waals surface area contributed by atoms with Crippen molar-refractivity contribution < 1.29 is 9.59 Å². The molecule has 1 aliphatic carbocycles. The topological polar surface area (TPSA) is 132 Å². The van der Waals surface area contributed by atoms with Crippen molar-refractivity contribution in [1.29, 1.82) is 5.26 Å². The second-order valence-corrected chi connectivity index (χ2v) is 9.99. The number of amides is 2. The molecule has 0 aromatic carbocycles. The molecule has 2 amide bonds. The van der Waals surface area contributed by atoms with Gasteiger partial charge in [-0.25, -0.2) is 9.97 Å². The summed E-state index contributed by atoms with van der Waals surface area (Å²) in [6.07, 6.45) is 7.28. The van der Waals surface area contributed by atoms with Crippen molar-refractivity contribution in [3.05, 3.63) is 46.1 Å². The van der Waals surface area contributed by atoms with Crippen molar-refractivity contribution >= 4 is 52.1 Å². The number of imide groups is 1. The van der Waals surface area contributed by atoms with E-state index in [1.807, 2.05) is 6.92 Å². The lowest BCUT2D eigenvalue weighted by Crippen LogP contribution is -2.47. The molecule has 0 atom stereocenters. The molecular formula is C24H23N9O2S. The molecule has 3 aromatic heterocycles. The fourth-order valence-electron chi connectivity index (χ4n) is 4.51. The van der Waals surface area contributed by atoms with Crippen LogP contribution in [0.25, 0.3) is 11.7 Å². The highest BCUT2D eigenvalue weighted by molar-refractivity contribution is 8.18. The number of piperazine rings is 1. The van der Waals surface area contributed by atoms with Crippen molar-refractivity contribution in [2.45, 2.75) is 25.8 Å². The summed E-state index contributed by atoms with van der Waals surface area (Å²) < 4.78 is 1.78. The molecule has 2 N–H and O–H groups in total. The Morgan fingerprint density at radius 3 is 2.61 bits per heavy atom. The number of fused-ring (bicyclic) bond motifs is 1. The summed E-state index contributed by atoms with van der Waals surface area (Å²) in [5.74, 6) is 2.05. The average molecular weight is 502 g/mol. The van der Waals surface area contributed by atoms with Crippen LogP contribution in [0.15, 0.2) is 29.4 Å². The average Bonchev–Trinajstić information content (AvgIpc) is 3.54. The van der Waals surface area contributed by atoms with Crippen LogP contribution in [0.4, 0.5) is 22.2 Å². The number of thioether (sulfide) groups is 1. The summed E-state index contributed by atoms with van der Waals surface area (Å²) in [5, 5.41) is 19.5. The zero-order valence-corrected chi connectivity index (χ0v) is 20.4. The van der Waals surface area contributed by atoms with Gasteiger partial charge >= 0.3 is 0 Å². The van der Waals surface area contributed by atoms with Gasteiger partial charge in [-0.05, 0) is 49.7 Å². The van der Waals surface area contributed by atoms with Crippen molar-refractivity contribution in [2.24, 2.45) is 0 Å². The van der Waals surface area contributed by atoms with Crippen LogP contribution in [-0.2, 0) is 4.79 Å². The Labute approximate surface area is 211 Å². The molecule has 3 aromatic rings. The van der Waals surface area contributed by atoms with Crippen LogP contribution in [0.2, 0.25) is 0 Å². The monoisotopic (exact) mass is 501 g/mol. The normalized spacial score (nSPS) is 19.2. The molecule has 0 bridgehead atoms. The Kier molecular flexibility index (Phi) is 5.49. The Balaban J connectivity index is 1.35. The summed E-state index contributed by atoms with van der Waals surface area (Å²) in [5.41, 5.74) is 2.87. The minimum absolute atomic E-state index is 0.327. The van der Waals surface area contributed by atoms with Gasteiger partial charge in [0.1, 0.15) is 23.5 Å². The first-order valence-corrected chi connectivity index (χ1v) is 12.6. The highest BCUT2D eigenvalue weighted by Crippen LogP contribution is 2.34. The zero-order valence-electron chi connectivity index (χ0n) is 19.6. The van der Waals surface area contributed by atoms with Gasteiger partial charge in [0.25, 0.3) is 11.1 Å². The number of pyridine rings is 1. The Morgan fingerprint density at radius 1 is 1.19 bits per heavy atom. The predicted molar refractivity (Wildman–Crippen MR) is 137 cm³/mol. The Bertz CT molecular complexity index is 1460. The summed E-state index contributed by atoms with van der Waals surface area (Å²) in [4.78, 5) is 37.9. The van der Waals surface area contributed by atoms with E-state index in [0.717, 1.165) is 41.8 Å². The molecule has 3 aliphatic rings. The molecule has 0 spiro atoms. The van der Waals surface area contributed by atoms with Crippen molar-refractivity contribution in [3.63, 3.8) is 0 Å². The van der Waals surface area contributed by atoms with Crippen LogP contribution in [0.5, 0.6) is 0 Å². The number of aromatic nitrogens is 4. The van der Waals surface area contributed by atoms with E-state index >= 15 is 0 Å². The number of nitriles is 1. The number of nitrogens with one attached hydrogen (secondary N) is 2. The van der Waals surface area contributed by atoms with Crippen LogP contribution in [-0.4, -0.2) is 62.9 Å². The fourth-order valence-corrected chi connectivity index (χ4v) is 5.18. The Morgan fingerprint density at radius 2 is 1.94 bits per heavy atom. The van der Waals surface area contributed by atoms with Gasteiger partial charge in [-0.2, -0.15) is 14.9 Å². The van der Waals surface area contributed by atoms with Crippen molar-refractivity contribution in [1.82, 2.24) is 24.9 Å². The maximum Gasteiger partial charge on any atom is 0.290 e. The third-order valence-electron chi connectivity index (χ3n) is 6.52. The van der Waals surface area contributed by atoms with E-state index in [1.165, 1.54) is 0 Å². The van der Waals surface area contributed by atoms with Crippen molar-refractivity contribution in [3.8, 4) is 6.07 Å². The lowest BCUT2D eigenvalue weighted by atomic mass is 10.2. The van der Waals surface area contributed by atoms with Gasteiger partial charge in [0, 0.05) is 49.5 Å². The third kappa shape index (κ3) is 4.01. The molecule has 36 heavy (non-hydrogen) atoms. The lowest BCUT2D eigenvalue weighted by Gasteiger charge is -2.37. The number of hydrogen-bond acceptors (Lipinski definition) is 10. The third-order valence-corrected chi connectivity index (χ3v) is 7.33. The highest BCUT2D eigenvalue weighted by atomic mass is 32.2. The predicted octanol–water partition coefficient (Wildman–Crippen LogP) is 2.53. The number of carbonyl (C=O) groups is 2. The van der Waals surface area contributed by atoms with Crippen molar-refractivity contribution in [2.75, 3.05) is 41.3 Å². The molecule has 11 nitrogen and oxygen atoms in total. The van der Waals surface area contributed by atoms with E-state index in [2.05, 4.69) is 36.6 Å². The minimum atomic E-state index is -0.407. The van der Waals surface area contributed by atoms with Gasteiger partial charge in [-0.1, -0.05) is 0 Å². The van der Waals surface area contributed by atoms with Gasteiger partial charge < -0.3 is 15.1 Å². The first-order chi connectivity index (χ1) is 17.5. The number of carbonyl (C=O) groups excluding carboxylic acids is 2. The Hall–Kier alpha value is -4.11. The van der Waals surface area contributed by atoms with Crippen LogP contribution in [0.1, 0.15) is 29.5 Å². The highest BCUT2D eigenvalue weighted by Gasteiger charge is 2.29. The summed E-state index contributed by atoms with van der Waals surface area (Å²) in [6.45, 7) is 4.89. The van der Waals surface area contributed by atoms with Gasteiger partial charge in [0.05, 0.1) is 16.7 Å². The van der Waals surface area contributed by atoms with Gasteiger partial charge in [0.2, 0.25) is 0 Å². The molecule has 0 radical (unpaired) electrons. The molecule has 182 valence electrons. The standard InChI is InChI=1S/C24H23N9O2S/c1-14-19(31-7-9-32(10-8-31)21-15(12-25)3-2-6-26-21)29-22-16(11-18-23(34)30-24(35)36-18)13-27-33(22)20(14)28-17-4-5-17/h2-3,6,11,13,17,28H,4-5,7-10H2,1H3,(H,30,34,35)/b18-11-. The molecule has 6 rings (SSSR count). The quantitative estimate of drug-likeness (QED) is 0.503. The molecule has 5 heterocycles. The number of hydrogen-bond donors (Lipinski definition) is 2. The summed E-state index contributed by atoms with van der Waals surface area (Å²) in [7, 11) is 0. The molecule has 2 aliphatic heterocycles. The van der Waals surface area contributed by atoms with E-state index in [-0.39, 0.29) is 5.24 Å². The summed E-state index contributed by atoms with van der Waals surface area (Å²) >= 11 is 0.878. The fraction of sp³-hybridized carbons (Fsp3) is 0.333. The zero-order chi connectivity index (χ0) is 24.8. The van der Waals surface area contributed by atoms with Crippen LogP contribution in [0, 0.1) is 18.3 Å². The van der Waals surface area contributed by atoms with E-state index in [9.17, 15) is 14.9 Å². The van der Waals surface area contributed by atoms with Gasteiger partial charge in [0.15, 0.2) is 5.65 Å². The molecule has 1 saturated carbocycles. The van der Waals surface area contributed by atoms with E-state index in [1.54, 1.807) is 35.1 Å². The van der Waals surface area contributed by atoms with E-state index in [4.69, 9.17) is 4.98 Å². The lowest BCUT2D eigenvalue weighted by molar-refractivity contribution is -0.115. The SMILES string of the molecule is Cc1c(N2CCN(c3ncccc3C#N)CC2)nc2c(/C=C3\SC(=O)NC3=O)cnn2c1NC1CC1. The molecular weight excluding hydrogens is 478 g/mol. The molecule has 12 heteroatoms. The second-order valence-electron chi connectivity index (χ2n) is 8.98. The minimum Gasteiger partial charge on any atom is -0.367 e. The molecule has 2 saturated heterocycles. The van der Waals surface area contributed by atoms with Gasteiger partial charge in [-0.15, -0.1) is 0 Å². The molecule has 3 fully saturated rings. The number of rotatable bonds is 5. The van der Waals surface area contributed by atoms with Crippen LogP contribution in [0.3, 0.4) is 0 Å². The first-order valence-electron chi connectivity index (χ1n) is 11.8.